The smallest absolute Gasteiger partial charge is 0.309 e. The predicted octanol–water partition coefficient (Wildman–Crippen LogP) is 0.504. The predicted molar refractivity (Wildman–Crippen MR) is 77.1 cm³/mol. The molecule has 0 aliphatic rings. The Morgan fingerprint density at radius 1 is 1.05 bits per heavy atom. The van der Waals surface area contributed by atoms with Crippen molar-refractivity contribution in [3.05, 3.63) is 12.7 Å². The maximum Gasteiger partial charge on any atom is 0.309 e. The molecule has 0 rings (SSSR count). The van der Waals surface area contributed by atoms with Crippen molar-refractivity contribution in [2.45, 2.75) is 44.9 Å². The summed E-state index contributed by atoms with van der Waals surface area (Å²) < 4.78 is 0.113. The van der Waals surface area contributed by atoms with Crippen molar-refractivity contribution in [3.63, 3.8) is 0 Å². The fraction of sp³-hybridized carbons (Fsp3) is 0.733. The second kappa shape index (κ2) is 11.3. The number of carbonyl (C=O) groups excluding carboxylic acids is 1. The third-order valence-electron chi connectivity index (χ3n) is 3.68. The maximum atomic E-state index is 10.7. The summed E-state index contributed by atoms with van der Waals surface area (Å²) in [6.45, 7) is 4.45. The van der Waals surface area contributed by atoms with Crippen molar-refractivity contribution in [2.24, 2.45) is 0 Å². The second-order valence-corrected chi connectivity index (χ2v) is 5.41. The number of carbonyl (C=O) groups is 2. The summed E-state index contributed by atoms with van der Waals surface area (Å²) in [5, 5.41) is 29.0. The van der Waals surface area contributed by atoms with E-state index in [1.807, 2.05) is 6.08 Å². The zero-order valence-electron chi connectivity index (χ0n) is 12.6. The van der Waals surface area contributed by atoms with E-state index in [0.717, 1.165) is 32.1 Å². The summed E-state index contributed by atoms with van der Waals surface area (Å²) >= 11 is 0. The van der Waals surface area contributed by atoms with Crippen molar-refractivity contribution < 1.29 is 29.4 Å². The number of carboxylic acids is 2. The fourth-order valence-electron chi connectivity index (χ4n) is 2.30. The lowest BCUT2D eigenvalue weighted by Crippen LogP contribution is -2.52. The number of allylic oxidation sites excluding steroid dienone is 1. The maximum absolute atomic E-state index is 10.7. The molecule has 0 heterocycles. The molecular weight excluding hydrogens is 274 g/mol. The van der Waals surface area contributed by atoms with E-state index in [9.17, 15) is 19.8 Å². The number of aliphatic carboxylic acids is 2. The lowest BCUT2D eigenvalue weighted by molar-refractivity contribution is -0.944. The minimum absolute atomic E-state index is 0.0793. The first kappa shape index (κ1) is 19.6. The number of unbranched alkanes of at least 4 members (excludes halogenated alkanes) is 4. The van der Waals surface area contributed by atoms with Crippen LogP contribution in [-0.4, -0.2) is 53.0 Å². The van der Waals surface area contributed by atoms with Crippen molar-refractivity contribution in [2.75, 3.05) is 26.4 Å². The monoisotopic (exact) mass is 301 g/mol. The van der Waals surface area contributed by atoms with Crippen LogP contribution in [0.4, 0.5) is 0 Å². The van der Waals surface area contributed by atoms with Crippen LogP contribution in [0.25, 0.3) is 0 Å². The standard InChI is InChI=1S/C15H27NO5/c1-2-3-4-5-6-7-10-16(13-17,11-8-14(18)19)12-9-15(20)21/h2,17H,1,3-13H2,(H-,18,19,20,21). The molecule has 122 valence electrons. The molecule has 0 aromatic rings. The number of aliphatic hydroxyl groups excluding tert-OH is 1. The molecule has 0 saturated carbocycles. The van der Waals surface area contributed by atoms with Gasteiger partial charge in [-0.25, -0.2) is 0 Å². The number of nitrogens with zero attached hydrogens (tertiary/aromatic N) is 1. The summed E-state index contributed by atoms with van der Waals surface area (Å²) in [6, 6.07) is 0. The molecule has 0 aliphatic heterocycles. The molecule has 21 heavy (non-hydrogen) atoms. The van der Waals surface area contributed by atoms with E-state index >= 15 is 0 Å². The summed E-state index contributed by atoms with van der Waals surface area (Å²) in [5.74, 6) is -2.11. The molecular formula is C15H27NO5. The van der Waals surface area contributed by atoms with Crippen LogP contribution in [0.5, 0.6) is 0 Å². The average Bonchev–Trinajstić information content (AvgIpc) is 2.45. The van der Waals surface area contributed by atoms with Crippen molar-refractivity contribution in [3.8, 4) is 0 Å². The SMILES string of the molecule is C=CCCCCCC[N+](CO)(CCC(=O)[O-])CCC(=O)O. The number of aliphatic hydroxyl groups is 1. The van der Waals surface area contributed by atoms with E-state index < -0.39 is 11.9 Å². The molecule has 0 aromatic heterocycles. The molecule has 0 saturated heterocycles. The molecule has 0 aliphatic carbocycles. The third kappa shape index (κ3) is 10.0. The normalized spacial score (nSPS) is 13.6. The van der Waals surface area contributed by atoms with Gasteiger partial charge in [0.05, 0.1) is 26.1 Å². The van der Waals surface area contributed by atoms with Crippen molar-refractivity contribution >= 4 is 11.9 Å². The molecule has 6 nitrogen and oxygen atoms in total. The topological polar surface area (TPSA) is 97.7 Å². The Kier molecular flexibility index (Phi) is 10.5. The van der Waals surface area contributed by atoms with E-state index in [2.05, 4.69) is 6.58 Å². The molecule has 6 heteroatoms. The Morgan fingerprint density at radius 3 is 2.19 bits per heavy atom. The third-order valence-corrected chi connectivity index (χ3v) is 3.68. The second-order valence-electron chi connectivity index (χ2n) is 5.41. The zero-order valence-corrected chi connectivity index (χ0v) is 12.6. The van der Waals surface area contributed by atoms with E-state index in [-0.39, 0.29) is 37.1 Å². The Morgan fingerprint density at radius 2 is 1.67 bits per heavy atom. The number of quaternary nitrogens is 1. The van der Waals surface area contributed by atoms with Gasteiger partial charge >= 0.3 is 5.97 Å². The van der Waals surface area contributed by atoms with Gasteiger partial charge in [0.15, 0.2) is 6.73 Å². The summed E-state index contributed by atoms with van der Waals surface area (Å²) in [4.78, 5) is 21.3. The van der Waals surface area contributed by atoms with E-state index in [1.165, 1.54) is 0 Å². The minimum atomic E-state index is -1.17. The van der Waals surface area contributed by atoms with Crippen molar-refractivity contribution in [1.29, 1.82) is 0 Å². The highest BCUT2D eigenvalue weighted by molar-refractivity contribution is 5.66. The quantitative estimate of drug-likeness (QED) is 0.211. The molecule has 0 radical (unpaired) electrons. The lowest BCUT2D eigenvalue weighted by Gasteiger charge is -2.36. The highest BCUT2D eigenvalue weighted by atomic mass is 16.4. The average molecular weight is 301 g/mol. The lowest BCUT2D eigenvalue weighted by atomic mass is 10.1. The van der Waals surface area contributed by atoms with Crippen LogP contribution in [0.15, 0.2) is 12.7 Å². The van der Waals surface area contributed by atoms with E-state index in [1.54, 1.807) is 0 Å². The van der Waals surface area contributed by atoms with Gasteiger partial charge in [-0.15, -0.1) is 6.58 Å². The molecule has 0 aromatic carbocycles. The largest absolute Gasteiger partial charge is 0.550 e. The Balaban J connectivity index is 4.35. The Bertz CT molecular complexity index is 312. The molecule has 2 N–H and O–H groups in total. The van der Waals surface area contributed by atoms with Crippen LogP contribution < -0.4 is 5.11 Å². The van der Waals surface area contributed by atoms with Gasteiger partial charge in [-0.05, 0) is 25.7 Å². The number of carboxylic acid groups (broad SMARTS) is 2. The van der Waals surface area contributed by atoms with Crippen LogP contribution in [0, 0.1) is 0 Å². The minimum Gasteiger partial charge on any atom is -0.550 e. The Labute approximate surface area is 126 Å². The van der Waals surface area contributed by atoms with Gasteiger partial charge in [0, 0.05) is 12.4 Å². The summed E-state index contributed by atoms with van der Waals surface area (Å²) in [5.41, 5.74) is 0. The highest BCUT2D eigenvalue weighted by Gasteiger charge is 2.26. The van der Waals surface area contributed by atoms with Gasteiger partial charge in [-0.2, -0.15) is 0 Å². The van der Waals surface area contributed by atoms with Crippen LogP contribution in [0.3, 0.4) is 0 Å². The molecule has 1 unspecified atom stereocenters. The first-order valence-electron chi connectivity index (χ1n) is 7.44. The van der Waals surface area contributed by atoms with Crippen molar-refractivity contribution in [1.82, 2.24) is 0 Å². The van der Waals surface area contributed by atoms with Gasteiger partial charge in [0.1, 0.15) is 0 Å². The molecule has 0 bridgehead atoms. The van der Waals surface area contributed by atoms with E-state index in [0.29, 0.717) is 6.54 Å². The molecule has 0 spiro atoms. The summed E-state index contributed by atoms with van der Waals surface area (Å²) in [6.07, 6.45) is 6.54. The van der Waals surface area contributed by atoms with E-state index in [4.69, 9.17) is 5.11 Å². The van der Waals surface area contributed by atoms with Gasteiger partial charge < -0.3 is 24.6 Å². The number of hydrogen-bond donors (Lipinski definition) is 2. The van der Waals surface area contributed by atoms with Gasteiger partial charge in [0.25, 0.3) is 0 Å². The van der Waals surface area contributed by atoms with Crippen LogP contribution >= 0.6 is 0 Å². The van der Waals surface area contributed by atoms with Crippen LogP contribution in [-0.2, 0) is 9.59 Å². The highest BCUT2D eigenvalue weighted by Crippen LogP contribution is 2.13. The molecule has 1 atom stereocenters. The zero-order chi connectivity index (χ0) is 16.1. The number of hydrogen-bond acceptors (Lipinski definition) is 4. The fourth-order valence-corrected chi connectivity index (χ4v) is 2.30. The first-order valence-corrected chi connectivity index (χ1v) is 7.44. The Hall–Kier alpha value is -1.40. The molecule has 0 fully saturated rings. The number of rotatable bonds is 14. The molecule has 0 amide bonds. The summed E-state index contributed by atoms with van der Waals surface area (Å²) in [7, 11) is 0. The van der Waals surface area contributed by atoms with Gasteiger partial charge in [0.2, 0.25) is 0 Å². The van der Waals surface area contributed by atoms with Gasteiger partial charge in [-0.3, -0.25) is 4.79 Å². The van der Waals surface area contributed by atoms with Gasteiger partial charge in [-0.1, -0.05) is 12.5 Å². The van der Waals surface area contributed by atoms with Crippen LogP contribution in [0.2, 0.25) is 0 Å². The first-order chi connectivity index (χ1) is 9.95. The van der Waals surface area contributed by atoms with Crippen LogP contribution in [0.1, 0.15) is 44.9 Å².